The van der Waals surface area contributed by atoms with Crippen LogP contribution in [-0.4, -0.2) is 13.7 Å². The molecule has 1 aromatic rings. The van der Waals surface area contributed by atoms with Gasteiger partial charge in [-0.3, -0.25) is 0 Å². The average molecular weight is 278 g/mol. The molecule has 1 rings (SSSR count). The molecule has 1 aromatic carbocycles. The quantitative estimate of drug-likeness (QED) is 0.450. The molecule has 0 aliphatic carbocycles. The Morgan fingerprint density at radius 3 is 2.30 bits per heavy atom. The van der Waals surface area contributed by atoms with Crippen molar-refractivity contribution in [2.24, 2.45) is 0 Å². The van der Waals surface area contributed by atoms with Crippen LogP contribution in [0.1, 0.15) is 58.3 Å². The van der Waals surface area contributed by atoms with Gasteiger partial charge in [0.05, 0.1) is 18.5 Å². The molecule has 3 nitrogen and oxygen atoms in total. The Balaban J connectivity index is 2.09. The minimum Gasteiger partial charge on any atom is -0.497 e. The first-order valence-electron chi connectivity index (χ1n) is 7.95. The number of nitrogen functional groups attached to an aromatic ring is 1. The van der Waals surface area contributed by atoms with Crippen LogP contribution in [0.15, 0.2) is 18.2 Å². The van der Waals surface area contributed by atoms with Crippen LogP contribution in [0.3, 0.4) is 0 Å². The van der Waals surface area contributed by atoms with Gasteiger partial charge in [-0.1, -0.05) is 51.9 Å². The molecule has 0 amide bonds. The number of nitrogens with two attached hydrogens (primary N) is 1. The molecule has 114 valence electrons. The number of anilines is 2. The van der Waals surface area contributed by atoms with E-state index >= 15 is 0 Å². The van der Waals surface area contributed by atoms with E-state index in [1.807, 2.05) is 18.2 Å². The monoisotopic (exact) mass is 278 g/mol. The van der Waals surface area contributed by atoms with Gasteiger partial charge in [0, 0.05) is 12.6 Å². The highest BCUT2D eigenvalue weighted by Gasteiger charge is 2.00. The van der Waals surface area contributed by atoms with Gasteiger partial charge in [-0.15, -0.1) is 0 Å². The van der Waals surface area contributed by atoms with Gasteiger partial charge in [0.1, 0.15) is 5.75 Å². The minimum atomic E-state index is 0.783. The molecule has 0 saturated heterocycles. The molecule has 20 heavy (non-hydrogen) atoms. The third-order valence-electron chi connectivity index (χ3n) is 3.61. The van der Waals surface area contributed by atoms with Crippen molar-refractivity contribution >= 4 is 11.4 Å². The summed E-state index contributed by atoms with van der Waals surface area (Å²) in [6.07, 6.45) is 10.7. The summed E-state index contributed by atoms with van der Waals surface area (Å²) in [5.74, 6) is 0.845. The Morgan fingerprint density at radius 1 is 1.00 bits per heavy atom. The molecule has 0 aliphatic heterocycles. The average Bonchev–Trinajstić information content (AvgIpc) is 2.47. The second kappa shape index (κ2) is 10.4. The van der Waals surface area contributed by atoms with Crippen molar-refractivity contribution in [1.82, 2.24) is 0 Å². The number of benzene rings is 1. The van der Waals surface area contributed by atoms with Crippen LogP contribution in [0.2, 0.25) is 0 Å². The first-order valence-corrected chi connectivity index (χ1v) is 7.95. The molecular formula is C17H30N2O. The lowest BCUT2D eigenvalue weighted by atomic mass is 10.1. The number of nitrogens with one attached hydrogen (secondary N) is 1. The second-order valence-electron chi connectivity index (χ2n) is 5.35. The molecular weight excluding hydrogens is 248 g/mol. The zero-order chi connectivity index (χ0) is 14.6. The first-order chi connectivity index (χ1) is 9.77. The first kappa shape index (κ1) is 16.7. The summed E-state index contributed by atoms with van der Waals surface area (Å²) in [6, 6.07) is 5.73. The Bertz CT molecular complexity index is 366. The summed E-state index contributed by atoms with van der Waals surface area (Å²) in [7, 11) is 1.67. The number of methoxy groups -OCH3 is 1. The van der Waals surface area contributed by atoms with Crippen molar-refractivity contribution in [1.29, 1.82) is 0 Å². The van der Waals surface area contributed by atoms with Crippen molar-refractivity contribution in [3.8, 4) is 5.75 Å². The van der Waals surface area contributed by atoms with Crippen molar-refractivity contribution in [3.05, 3.63) is 18.2 Å². The summed E-state index contributed by atoms with van der Waals surface area (Å²) in [5, 5.41) is 3.39. The van der Waals surface area contributed by atoms with Crippen molar-refractivity contribution < 1.29 is 4.74 Å². The van der Waals surface area contributed by atoms with E-state index in [1.165, 1.54) is 51.4 Å². The van der Waals surface area contributed by atoms with Crippen LogP contribution < -0.4 is 15.8 Å². The highest BCUT2D eigenvalue weighted by molar-refractivity contribution is 5.68. The summed E-state index contributed by atoms with van der Waals surface area (Å²) in [4.78, 5) is 0. The van der Waals surface area contributed by atoms with Crippen LogP contribution in [0.4, 0.5) is 11.4 Å². The van der Waals surface area contributed by atoms with Crippen LogP contribution in [0, 0.1) is 0 Å². The lowest BCUT2D eigenvalue weighted by molar-refractivity contribution is 0.415. The highest BCUT2D eigenvalue weighted by Crippen LogP contribution is 2.24. The number of unbranched alkanes of at least 4 members (excludes halogenated alkanes) is 7. The molecule has 0 unspecified atom stereocenters. The molecule has 0 heterocycles. The summed E-state index contributed by atoms with van der Waals surface area (Å²) in [6.45, 7) is 3.24. The molecule has 3 N–H and O–H groups in total. The molecule has 0 fully saturated rings. The van der Waals surface area contributed by atoms with E-state index in [4.69, 9.17) is 10.5 Å². The van der Waals surface area contributed by atoms with Crippen molar-refractivity contribution in [3.63, 3.8) is 0 Å². The normalized spacial score (nSPS) is 10.5. The van der Waals surface area contributed by atoms with Crippen molar-refractivity contribution in [2.45, 2.75) is 58.3 Å². The maximum absolute atomic E-state index is 5.94. The van der Waals surface area contributed by atoms with E-state index in [1.54, 1.807) is 7.11 Å². The maximum Gasteiger partial charge on any atom is 0.121 e. The van der Waals surface area contributed by atoms with Gasteiger partial charge >= 0.3 is 0 Å². The van der Waals surface area contributed by atoms with Crippen LogP contribution >= 0.6 is 0 Å². The third-order valence-corrected chi connectivity index (χ3v) is 3.61. The predicted octanol–water partition coefficient (Wildman–Crippen LogP) is 4.83. The smallest absolute Gasteiger partial charge is 0.121 e. The lowest BCUT2D eigenvalue weighted by Gasteiger charge is -2.10. The molecule has 0 radical (unpaired) electrons. The van der Waals surface area contributed by atoms with Gasteiger partial charge < -0.3 is 15.8 Å². The molecule has 0 spiro atoms. The molecule has 0 saturated carbocycles. The fourth-order valence-corrected chi connectivity index (χ4v) is 2.30. The van der Waals surface area contributed by atoms with Gasteiger partial charge in [0.25, 0.3) is 0 Å². The topological polar surface area (TPSA) is 47.3 Å². The van der Waals surface area contributed by atoms with Crippen LogP contribution in [0.25, 0.3) is 0 Å². The maximum atomic E-state index is 5.94. The molecule has 0 bridgehead atoms. The number of rotatable bonds is 11. The van der Waals surface area contributed by atoms with Crippen LogP contribution in [0.5, 0.6) is 5.75 Å². The molecule has 0 aromatic heterocycles. The minimum absolute atomic E-state index is 0.783. The van der Waals surface area contributed by atoms with E-state index < -0.39 is 0 Å². The van der Waals surface area contributed by atoms with Gasteiger partial charge in [-0.05, 0) is 18.6 Å². The van der Waals surface area contributed by atoms with E-state index in [0.29, 0.717) is 0 Å². The third kappa shape index (κ3) is 6.69. The fourth-order valence-electron chi connectivity index (χ4n) is 2.30. The van der Waals surface area contributed by atoms with Crippen LogP contribution in [-0.2, 0) is 0 Å². The van der Waals surface area contributed by atoms with E-state index in [2.05, 4.69) is 12.2 Å². The van der Waals surface area contributed by atoms with Gasteiger partial charge in [0.2, 0.25) is 0 Å². The van der Waals surface area contributed by atoms with Crippen molar-refractivity contribution in [2.75, 3.05) is 24.7 Å². The molecule has 0 aliphatic rings. The number of ether oxygens (including phenoxy) is 1. The lowest BCUT2D eigenvalue weighted by Crippen LogP contribution is -2.04. The number of hydrogen-bond acceptors (Lipinski definition) is 3. The van der Waals surface area contributed by atoms with Gasteiger partial charge in [-0.2, -0.15) is 0 Å². The summed E-state index contributed by atoms with van der Waals surface area (Å²) < 4.78 is 5.21. The Hall–Kier alpha value is -1.38. The zero-order valence-corrected chi connectivity index (χ0v) is 13.1. The van der Waals surface area contributed by atoms with E-state index in [9.17, 15) is 0 Å². The Kier molecular flexibility index (Phi) is 8.68. The van der Waals surface area contributed by atoms with Gasteiger partial charge in [-0.25, -0.2) is 0 Å². The fraction of sp³-hybridized carbons (Fsp3) is 0.647. The predicted molar refractivity (Wildman–Crippen MR) is 88.5 cm³/mol. The summed E-state index contributed by atoms with van der Waals surface area (Å²) >= 11 is 0. The largest absolute Gasteiger partial charge is 0.497 e. The van der Waals surface area contributed by atoms with Gasteiger partial charge in [0.15, 0.2) is 0 Å². The molecule has 0 atom stereocenters. The zero-order valence-electron chi connectivity index (χ0n) is 13.1. The molecule has 3 heteroatoms. The Morgan fingerprint density at radius 2 is 1.65 bits per heavy atom. The summed E-state index contributed by atoms with van der Waals surface area (Å²) in [5.41, 5.74) is 7.70. The SMILES string of the molecule is CCCCCCCCCCNc1cc(OC)ccc1N. The van der Waals surface area contributed by atoms with E-state index in [-0.39, 0.29) is 0 Å². The van der Waals surface area contributed by atoms with E-state index in [0.717, 1.165) is 23.7 Å². The number of hydrogen-bond donors (Lipinski definition) is 2. The Labute approximate surface area is 123 Å². The highest BCUT2D eigenvalue weighted by atomic mass is 16.5. The standard InChI is InChI=1S/C17H30N2O/c1-3-4-5-6-7-8-9-10-13-19-17-14-15(20-2)11-12-16(17)18/h11-12,14,19H,3-10,13,18H2,1-2H3. The second-order valence-corrected chi connectivity index (χ2v) is 5.35.